The molecule has 0 bridgehead atoms. The van der Waals surface area contributed by atoms with Crippen molar-refractivity contribution in [2.24, 2.45) is 11.8 Å². The number of nitrogens with one attached hydrogen (secondary N) is 3. The van der Waals surface area contributed by atoms with E-state index in [2.05, 4.69) is 42.1 Å². The van der Waals surface area contributed by atoms with Gasteiger partial charge in [-0.25, -0.2) is 0 Å². The zero-order valence-corrected chi connectivity index (χ0v) is 12.5. The van der Waals surface area contributed by atoms with Gasteiger partial charge in [-0.2, -0.15) is 0 Å². The molecule has 4 heteroatoms. The van der Waals surface area contributed by atoms with Crippen LogP contribution in [0.3, 0.4) is 0 Å². The van der Waals surface area contributed by atoms with E-state index in [1.165, 1.54) is 11.3 Å². The normalized spacial score (nSPS) is 38.0. The van der Waals surface area contributed by atoms with Crippen molar-refractivity contribution in [3.05, 3.63) is 40.7 Å². The minimum absolute atomic E-state index is 0.457. The summed E-state index contributed by atoms with van der Waals surface area (Å²) in [6, 6.07) is 7.30. The predicted molar refractivity (Wildman–Crippen MR) is 82.9 cm³/mol. The first-order valence-electron chi connectivity index (χ1n) is 7.41. The lowest BCUT2D eigenvalue weighted by atomic mass is 9.73. The van der Waals surface area contributed by atoms with Crippen molar-refractivity contribution in [3.8, 4) is 0 Å². The van der Waals surface area contributed by atoms with Crippen molar-refractivity contribution in [1.82, 2.24) is 10.6 Å². The largest absolute Gasteiger partial charge is 0.383 e. The van der Waals surface area contributed by atoms with E-state index in [0.717, 1.165) is 17.3 Å². The summed E-state index contributed by atoms with van der Waals surface area (Å²) >= 11 is 6.12. The molecule has 5 unspecified atom stereocenters. The van der Waals surface area contributed by atoms with E-state index in [1.807, 2.05) is 12.1 Å². The average molecular weight is 290 g/mol. The van der Waals surface area contributed by atoms with Crippen molar-refractivity contribution < 1.29 is 0 Å². The number of rotatable bonds is 0. The third-order valence-corrected chi connectivity index (χ3v) is 5.39. The Kier molecular flexibility index (Phi) is 2.76. The number of fused-ring (bicyclic) bond motifs is 5. The topological polar surface area (TPSA) is 36.1 Å². The van der Waals surface area contributed by atoms with Crippen LogP contribution in [0.25, 0.3) is 0 Å². The SMILES string of the molecule is CC1CNC(C)C2C3C(=CNc4cc(Cl)ccc43)NC12. The Bertz CT molecular complexity index is 583. The second-order valence-corrected chi connectivity index (χ2v) is 6.81. The molecule has 5 atom stereocenters. The van der Waals surface area contributed by atoms with Gasteiger partial charge < -0.3 is 16.0 Å². The molecule has 0 saturated carbocycles. The number of benzene rings is 1. The van der Waals surface area contributed by atoms with Crippen LogP contribution in [0.15, 0.2) is 30.1 Å². The monoisotopic (exact) mass is 289 g/mol. The predicted octanol–water partition coefficient (Wildman–Crippen LogP) is 2.91. The van der Waals surface area contributed by atoms with Gasteiger partial charge >= 0.3 is 0 Å². The lowest BCUT2D eigenvalue weighted by molar-refractivity contribution is 0.200. The molecule has 3 nitrogen and oxygen atoms in total. The molecule has 4 rings (SSSR count). The maximum Gasteiger partial charge on any atom is 0.0434 e. The smallest absolute Gasteiger partial charge is 0.0434 e. The van der Waals surface area contributed by atoms with Crippen molar-refractivity contribution in [2.75, 3.05) is 11.9 Å². The van der Waals surface area contributed by atoms with Crippen molar-refractivity contribution in [1.29, 1.82) is 0 Å². The molecule has 1 aromatic rings. The minimum Gasteiger partial charge on any atom is -0.383 e. The van der Waals surface area contributed by atoms with E-state index in [-0.39, 0.29) is 0 Å². The summed E-state index contributed by atoms with van der Waals surface area (Å²) in [6.07, 6.45) is 2.13. The van der Waals surface area contributed by atoms with Crippen molar-refractivity contribution >= 4 is 17.3 Å². The van der Waals surface area contributed by atoms with Crippen LogP contribution in [0.5, 0.6) is 0 Å². The second kappa shape index (κ2) is 4.40. The summed E-state index contributed by atoms with van der Waals surface area (Å²) in [4.78, 5) is 0. The molecule has 3 N–H and O–H groups in total. The van der Waals surface area contributed by atoms with Gasteiger partial charge in [0.15, 0.2) is 0 Å². The highest BCUT2D eigenvalue weighted by atomic mass is 35.5. The van der Waals surface area contributed by atoms with Gasteiger partial charge in [0.1, 0.15) is 0 Å². The second-order valence-electron chi connectivity index (χ2n) is 6.37. The molecular weight excluding hydrogens is 270 g/mol. The van der Waals surface area contributed by atoms with E-state index >= 15 is 0 Å². The third kappa shape index (κ3) is 1.69. The quantitative estimate of drug-likeness (QED) is 0.687. The van der Waals surface area contributed by atoms with Gasteiger partial charge in [0, 0.05) is 46.5 Å². The fourth-order valence-corrected chi connectivity index (χ4v) is 4.31. The molecule has 0 aliphatic carbocycles. The highest BCUT2D eigenvalue weighted by Crippen LogP contribution is 2.48. The standard InChI is InChI=1S/C16H20ClN3/c1-8-6-18-9(2)14-15-11-4-3-10(17)5-12(11)19-7-13(15)20-16(8)14/h3-5,7-9,14-16,18-20H,6H2,1-2H3. The summed E-state index contributed by atoms with van der Waals surface area (Å²) in [5.41, 5.74) is 3.85. The molecule has 2 fully saturated rings. The Morgan fingerprint density at radius 1 is 1.25 bits per heavy atom. The van der Waals surface area contributed by atoms with Gasteiger partial charge in [0.2, 0.25) is 0 Å². The fraction of sp³-hybridized carbons (Fsp3) is 0.500. The van der Waals surface area contributed by atoms with Gasteiger partial charge in [-0.05, 0) is 37.1 Å². The number of hydrogen-bond acceptors (Lipinski definition) is 3. The van der Waals surface area contributed by atoms with E-state index in [1.54, 1.807) is 0 Å². The molecule has 3 aliphatic heterocycles. The molecule has 106 valence electrons. The van der Waals surface area contributed by atoms with Gasteiger partial charge in [-0.3, -0.25) is 0 Å². The van der Waals surface area contributed by atoms with E-state index in [9.17, 15) is 0 Å². The molecule has 1 aromatic carbocycles. The van der Waals surface area contributed by atoms with E-state index in [4.69, 9.17) is 11.6 Å². The Balaban J connectivity index is 1.80. The van der Waals surface area contributed by atoms with Crippen LogP contribution >= 0.6 is 11.6 Å². The zero-order chi connectivity index (χ0) is 13.9. The molecule has 0 aromatic heterocycles. The van der Waals surface area contributed by atoms with Crippen molar-refractivity contribution in [3.63, 3.8) is 0 Å². The maximum absolute atomic E-state index is 6.12. The average Bonchev–Trinajstić information content (AvgIpc) is 2.83. The van der Waals surface area contributed by atoms with Crippen LogP contribution in [-0.4, -0.2) is 18.6 Å². The summed E-state index contributed by atoms with van der Waals surface area (Å²) in [7, 11) is 0. The zero-order valence-electron chi connectivity index (χ0n) is 11.8. The van der Waals surface area contributed by atoms with Crippen LogP contribution in [0.1, 0.15) is 25.3 Å². The Labute approximate surface area is 124 Å². The first kappa shape index (κ1) is 12.5. The number of anilines is 1. The lowest BCUT2D eigenvalue weighted by Gasteiger charge is -2.39. The first-order valence-corrected chi connectivity index (χ1v) is 7.79. The highest BCUT2D eigenvalue weighted by molar-refractivity contribution is 6.30. The van der Waals surface area contributed by atoms with E-state index < -0.39 is 0 Å². The summed E-state index contributed by atoms with van der Waals surface area (Å²) in [5, 5.41) is 11.6. The molecule has 0 amide bonds. The molecule has 3 aliphatic rings. The number of hydrogen-bond donors (Lipinski definition) is 3. The number of halogens is 1. The lowest BCUT2D eigenvalue weighted by Crippen LogP contribution is -2.53. The molecule has 3 heterocycles. The maximum atomic E-state index is 6.12. The van der Waals surface area contributed by atoms with Crippen molar-refractivity contribution in [2.45, 2.75) is 31.8 Å². The van der Waals surface area contributed by atoms with Crippen LogP contribution in [0, 0.1) is 11.8 Å². The van der Waals surface area contributed by atoms with Gasteiger partial charge in [-0.15, -0.1) is 0 Å². The van der Waals surface area contributed by atoms with Crippen LogP contribution in [0.4, 0.5) is 5.69 Å². The number of allylic oxidation sites excluding steroid dienone is 1. The summed E-state index contributed by atoms with van der Waals surface area (Å²) in [6.45, 7) is 5.74. The Morgan fingerprint density at radius 2 is 2.10 bits per heavy atom. The fourth-order valence-electron chi connectivity index (χ4n) is 4.14. The molecule has 0 radical (unpaired) electrons. The van der Waals surface area contributed by atoms with Crippen LogP contribution in [-0.2, 0) is 0 Å². The van der Waals surface area contributed by atoms with Gasteiger partial charge in [0.05, 0.1) is 0 Å². The third-order valence-electron chi connectivity index (χ3n) is 5.15. The molecule has 20 heavy (non-hydrogen) atoms. The minimum atomic E-state index is 0.457. The first-order chi connectivity index (χ1) is 9.65. The number of piperidine rings is 1. The Hall–Kier alpha value is -1.19. The van der Waals surface area contributed by atoms with Crippen LogP contribution in [0.2, 0.25) is 5.02 Å². The Morgan fingerprint density at radius 3 is 2.95 bits per heavy atom. The summed E-state index contributed by atoms with van der Waals surface area (Å²) < 4.78 is 0. The highest BCUT2D eigenvalue weighted by Gasteiger charge is 2.48. The van der Waals surface area contributed by atoms with Gasteiger partial charge in [-0.1, -0.05) is 24.6 Å². The molecular formula is C16H20ClN3. The molecule has 0 spiro atoms. The molecule has 2 saturated heterocycles. The van der Waals surface area contributed by atoms with Gasteiger partial charge in [0.25, 0.3) is 0 Å². The summed E-state index contributed by atoms with van der Waals surface area (Å²) in [5.74, 6) is 1.71. The van der Waals surface area contributed by atoms with E-state index in [0.29, 0.717) is 29.8 Å². The van der Waals surface area contributed by atoms with Crippen LogP contribution < -0.4 is 16.0 Å².